The minimum atomic E-state index is 0.0675. The first-order chi connectivity index (χ1) is 17.4. The van der Waals surface area contributed by atoms with Crippen LogP contribution in [0.15, 0.2) is 82.8 Å². The van der Waals surface area contributed by atoms with Crippen LogP contribution >= 0.6 is 0 Å². The first-order valence-electron chi connectivity index (χ1n) is 11.4. The van der Waals surface area contributed by atoms with Crippen molar-refractivity contribution in [2.45, 2.75) is 13.8 Å². The Kier molecular flexibility index (Phi) is 7.35. The van der Waals surface area contributed by atoms with Gasteiger partial charge in [0.1, 0.15) is 0 Å². The van der Waals surface area contributed by atoms with Crippen molar-refractivity contribution in [2.24, 2.45) is 9.98 Å². The van der Waals surface area contributed by atoms with E-state index in [0.717, 1.165) is 33.6 Å². The van der Waals surface area contributed by atoms with Crippen molar-refractivity contribution in [3.05, 3.63) is 95.1 Å². The molecular weight excluding hydrogens is 452 g/mol. The highest BCUT2D eigenvalue weighted by atomic mass is 16.5. The molecule has 0 unspecified atom stereocenters. The molecule has 0 amide bonds. The molecule has 0 aliphatic heterocycles. The van der Waals surface area contributed by atoms with E-state index in [-0.39, 0.29) is 11.5 Å². The van der Waals surface area contributed by atoms with Crippen LogP contribution in [-0.4, -0.2) is 36.9 Å². The number of aryl methyl sites for hydroxylation is 2. The van der Waals surface area contributed by atoms with Gasteiger partial charge in [-0.15, -0.1) is 0 Å². The summed E-state index contributed by atoms with van der Waals surface area (Å²) < 4.78 is 10.3. The molecular formula is C30H28N2O4. The predicted molar refractivity (Wildman–Crippen MR) is 145 cm³/mol. The van der Waals surface area contributed by atoms with Crippen LogP contribution in [0.5, 0.6) is 23.0 Å². The smallest absolute Gasteiger partial charge is 0.166 e. The van der Waals surface area contributed by atoms with E-state index in [0.29, 0.717) is 22.6 Å². The maximum Gasteiger partial charge on any atom is 0.166 e. The van der Waals surface area contributed by atoms with Gasteiger partial charge in [0.2, 0.25) is 0 Å². The average molecular weight is 481 g/mol. The van der Waals surface area contributed by atoms with Crippen molar-refractivity contribution in [1.29, 1.82) is 0 Å². The molecule has 4 aromatic carbocycles. The highest BCUT2D eigenvalue weighted by Crippen LogP contribution is 2.32. The van der Waals surface area contributed by atoms with E-state index in [4.69, 9.17) is 9.47 Å². The Bertz CT molecular complexity index is 1350. The molecule has 0 bridgehead atoms. The quantitative estimate of drug-likeness (QED) is 0.282. The van der Waals surface area contributed by atoms with E-state index in [9.17, 15) is 10.2 Å². The second-order valence-electron chi connectivity index (χ2n) is 8.32. The van der Waals surface area contributed by atoms with Crippen LogP contribution in [0.2, 0.25) is 0 Å². The van der Waals surface area contributed by atoms with Crippen LogP contribution in [0.1, 0.15) is 22.3 Å². The minimum absolute atomic E-state index is 0.0675. The van der Waals surface area contributed by atoms with Gasteiger partial charge in [-0.05, 0) is 84.6 Å². The van der Waals surface area contributed by atoms with E-state index >= 15 is 0 Å². The number of nitrogens with zero attached hydrogens (tertiary/aromatic N) is 2. The van der Waals surface area contributed by atoms with Gasteiger partial charge in [-0.25, -0.2) is 0 Å². The van der Waals surface area contributed by atoms with Crippen molar-refractivity contribution in [1.82, 2.24) is 0 Å². The predicted octanol–water partition coefficient (Wildman–Crippen LogP) is 6.90. The molecule has 0 aromatic heterocycles. The van der Waals surface area contributed by atoms with Gasteiger partial charge < -0.3 is 19.7 Å². The van der Waals surface area contributed by atoms with Gasteiger partial charge >= 0.3 is 0 Å². The van der Waals surface area contributed by atoms with Crippen molar-refractivity contribution in [2.75, 3.05) is 14.2 Å². The topological polar surface area (TPSA) is 83.6 Å². The second-order valence-corrected chi connectivity index (χ2v) is 8.32. The summed E-state index contributed by atoms with van der Waals surface area (Å²) in [5.74, 6) is 0.958. The van der Waals surface area contributed by atoms with Gasteiger partial charge in [0, 0.05) is 23.6 Å². The number of aromatic hydroxyl groups is 2. The molecule has 0 heterocycles. The molecule has 0 saturated heterocycles. The Morgan fingerprint density at radius 3 is 1.39 bits per heavy atom. The van der Waals surface area contributed by atoms with Crippen molar-refractivity contribution in [3.63, 3.8) is 0 Å². The Hall–Kier alpha value is -4.58. The lowest BCUT2D eigenvalue weighted by Crippen LogP contribution is -1.89. The molecule has 0 saturated carbocycles. The summed E-state index contributed by atoms with van der Waals surface area (Å²) in [6.45, 7) is 4.02. The molecule has 0 radical (unpaired) electrons. The first-order valence-corrected chi connectivity index (χ1v) is 11.4. The third-order valence-electron chi connectivity index (χ3n) is 5.91. The van der Waals surface area contributed by atoms with Crippen LogP contribution in [0.4, 0.5) is 11.4 Å². The highest BCUT2D eigenvalue weighted by Gasteiger charge is 2.08. The highest BCUT2D eigenvalue weighted by molar-refractivity contribution is 5.88. The minimum Gasteiger partial charge on any atom is -0.504 e. The number of rotatable bonds is 7. The van der Waals surface area contributed by atoms with Crippen LogP contribution in [-0.2, 0) is 0 Å². The summed E-state index contributed by atoms with van der Waals surface area (Å²) in [5.41, 5.74) is 6.98. The third kappa shape index (κ3) is 5.23. The maximum atomic E-state index is 10.3. The Balaban J connectivity index is 1.54. The number of benzene rings is 4. The molecule has 0 spiro atoms. The molecule has 6 nitrogen and oxygen atoms in total. The summed E-state index contributed by atoms with van der Waals surface area (Å²) >= 11 is 0. The zero-order chi connectivity index (χ0) is 25.7. The summed E-state index contributed by atoms with van der Waals surface area (Å²) in [7, 11) is 3.04. The fourth-order valence-corrected chi connectivity index (χ4v) is 3.85. The van der Waals surface area contributed by atoms with Gasteiger partial charge in [-0.3, -0.25) is 9.98 Å². The fraction of sp³-hybridized carbons (Fsp3) is 0.133. The maximum absolute atomic E-state index is 10.3. The van der Waals surface area contributed by atoms with E-state index in [2.05, 4.69) is 22.1 Å². The zero-order valence-electron chi connectivity index (χ0n) is 20.7. The Labute approximate surface area is 210 Å². The molecule has 2 N–H and O–H groups in total. The molecule has 182 valence electrons. The first kappa shape index (κ1) is 24.5. The number of hydrogen-bond donors (Lipinski definition) is 2. The monoisotopic (exact) mass is 480 g/mol. The Morgan fingerprint density at radius 2 is 1.03 bits per heavy atom. The number of ether oxygens (including phenoxy) is 2. The summed E-state index contributed by atoms with van der Waals surface area (Å²) in [6.07, 6.45) is 3.27. The lowest BCUT2D eigenvalue weighted by atomic mass is 10.00. The van der Waals surface area contributed by atoms with Gasteiger partial charge in [0.05, 0.1) is 25.6 Å². The van der Waals surface area contributed by atoms with E-state index in [1.807, 2.05) is 50.2 Å². The lowest BCUT2D eigenvalue weighted by molar-refractivity contribution is 0.373. The van der Waals surface area contributed by atoms with Crippen molar-refractivity contribution in [3.8, 4) is 34.1 Å². The summed E-state index contributed by atoms with van der Waals surface area (Å²) in [6, 6.07) is 22.7. The van der Waals surface area contributed by atoms with Gasteiger partial charge in [-0.1, -0.05) is 24.3 Å². The van der Waals surface area contributed by atoms with E-state index < -0.39 is 0 Å². The van der Waals surface area contributed by atoms with Crippen LogP contribution in [0.25, 0.3) is 11.1 Å². The molecule has 0 aliphatic carbocycles. The van der Waals surface area contributed by atoms with Gasteiger partial charge in [0.25, 0.3) is 0 Å². The molecule has 36 heavy (non-hydrogen) atoms. The van der Waals surface area contributed by atoms with Crippen molar-refractivity contribution >= 4 is 23.8 Å². The summed E-state index contributed by atoms with van der Waals surface area (Å²) in [5, 5.41) is 20.5. The molecule has 4 aromatic rings. The third-order valence-corrected chi connectivity index (χ3v) is 5.91. The molecule has 0 fully saturated rings. The number of aliphatic imine (C=N–C) groups is 2. The average Bonchev–Trinajstić information content (AvgIpc) is 2.88. The molecule has 6 heteroatoms. The number of para-hydroxylation sites is 2. The summed E-state index contributed by atoms with van der Waals surface area (Å²) in [4.78, 5) is 9.12. The largest absolute Gasteiger partial charge is 0.504 e. The standard InChI is InChI=1S/C30H28N2O4/c1-19-15-21(11-13-25(19)31-17-23-7-5-9-27(35-3)29(23)33)22-12-14-26(20(2)16-22)32-18-24-8-6-10-28(36-4)30(24)34/h5-18,33-34H,1-4H3. The van der Waals surface area contributed by atoms with Crippen molar-refractivity contribution < 1.29 is 19.7 Å². The molecule has 0 atom stereocenters. The van der Waals surface area contributed by atoms with Crippen LogP contribution in [0, 0.1) is 13.8 Å². The number of hydrogen-bond acceptors (Lipinski definition) is 6. The van der Waals surface area contributed by atoms with Gasteiger partial charge in [-0.2, -0.15) is 0 Å². The van der Waals surface area contributed by atoms with E-state index in [1.54, 1.807) is 36.7 Å². The molecule has 0 aliphatic rings. The SMILES string of the molecule is COc1cccc(C=Nc2ccc(-c3ccc(N=Cc4cccc(OC)c4O)c(C)c3)cc2C)c1O. The zero-order valence-corrected chi connectivity index (χ0v) is 20.7. The number of methoxy groups -OCH3 is 2. The normalized spacial score (nSPS) is 11.3. The van der Waals surface area contributed by atoms with E-state index in [1.165, 1.54) is 14.2 Å². The van der Waals surface area contributed by atoms with Crippen LogP contribution in [0.3, 0.4) is 0 Å². The number of phenolic OH excluding ortho intramolecular Hbond substituents is 2. The molecule has 4 rings (SSSR count). The second kappa shape index (κ2) is 10.8. The fourth-order valence-electron chi connectivity index (χ4n) is 3.85. The number of phenols is 2. The lowest BCUT2D eigenvalue weighted by Gasteiger charge is -2.09. The van der Waals surface area contributed by atoms with Crippen LogP contribution < -0.4 is 9.47 Å². The Morgan fingerprint density at radius 1 is 0.611 bits per heavy atom. The van der Waals surface area contributed by atoms with Gasteiger partial charge in [0.15, 0.2) is 23.0 Å².